The molecule has 0 unspecified atom stereocenters. The molecule has 5 nitrogen and oxygen atoms in total. The fraction of sp³-hybridized carbons (Fsp3) is 0.154. The van der Waals surface area contributed by atoms with Crippen LogP contribution < -0.4 is 10.2 Å². The maximum atomic E-state index is 12.1. The summed E-state index contributed by atoms with van der Waals surface area (Å²) >= 11 is 0.909. The summed E-state index contributed by atoms with van der Waals surface area (Å²) in [5.74, 6) is -0.338. The number of rotatable bonds is 2. The number of hydrogen-bond donors (Lipinski definition) is 1. The van der Waals surface area contributed by atoms with Crippen LogP contribution in [0.3, 0.4) is 0 Å². The van der Waals surface area contributed by atoms with Gasteiger partial charge in [-0.2, -0.15) is 5.26 Å². The van der Waals surface area contributed by atoms with Crippen molar-refractivity contribution in [2.45, 2.75) is 6.92 Å². The number of thiazole rings is 1. The normalized spacial score (nSPS) is 9.95. The minimum Gasteiger partial charge on any atom is -0.321 e. The van der Waals surface area contributed by atoms with E-state index in [1.165, 1.54) is 4.57 Å². The summed E-state index contributed by atoms with van der Waals surface area (Å²) in [7, 11) is 1.63. The van der Waals surface area contributed by atoms with Gasteiger partial charge in [0.15, 0.2) is 0 Å². The Hall–Kier alpha value is -2.39. The van der Waals surface area contributed by atoms with Gasteiger partial charge in [0.2, 0.25) is 0 Å². The molecule has 0 aliphatic carbocycles. The van der Waals surface area contributed by atoms with Gasteiger partial charge in [0, 0.05) is 18.4 Å². The highest BCUT2D eigenvalue weighted by Gasteiger charge is 2.15. The molecule has 1 amide bonds. The van der Waals surface area contributed by atoms with Crippen LogP contribution in [0.2, 0.25) is 0 Å². The third-order valence-corrected chi connectivity index (χ3v) is 3.88. The molecule has 0 fully saturated rings. The van der Waals surface area contributed by atoms with Crippen LogP contribution in [0.4, 0.5) is 5.69 Å². The standard InChI is InChI=1S/C13H11N3O2S/c1-8-11(19-13(18)16(8)2)12(17)15-10-5-3-4-9(6-10)7-14/h3-6H,1-2H3,(H,15,17). The average molecular weight is 273 g/mol. The van der Waals surface area contributed by atoms with Gasteiger partial charge in [-0.05, 0) is 25.1 Å². The lowest BCUT2D eigenvalue weighted by Crippen LogP contribution is -2.13. The van der Waals surface area contributed by atoms with E-state index >= 15 is 0 Å². The van der Waals surface area contributed by atoms with Crippen molar-refractivity contribution < 1.29 is 4.79 Å². The molecule has 0 radical (unpaired) electrons. The molecule has 0 saturated carbocycles. The molecular weight excluding hydrogens is 262 g/mol. The van der Waals surface area contributed by atoms with Crippen molar-refractivity contribution in [3.8, 4) is 6.07 Å². The maximum absolute atomic E-state index is 12.1. The van der Waals surface area contributed by atoms with Crippen LogP contribution in [-0.2, 0) is 7.05 Å². The Morgan fingerprint density at radius 1 is 1.47 bits per heavy atom. The number of amides is 1. The van der Waals surface area contributed by atoms with Gasteiger partial charge in [-0.25, -0.2) is 0 Å². The Morgan fingerprint density at radius 2 is 2.21 bits per heavy atom. The first kappa shape index (κ1) is 13.1. The van der Waals surface area contributed by atoms with E-state index < -0.39 is 0 Å². The number of carbonyl (C=O) groups excluding carboxylic acids is 1. The zero-order valence-electron chi connectivity index (χ0n) is 10.4. The van der Waals surface area contributed by atoms with Crippen LogP contribution in [-0.4, -0.2) is 10.5 Å². The highest BCUT2D eigenvalue weighted by Crippen LogP contribution is 2.15. The first-order valence-electron chi connectivity index (χ1n) is 5.51. The van der Waals surface area contributed by atoms with Crippen LogP contribution in [0.5, 0.6) is 0 Å². The molecule has 1 aromatic heterocycles. The molecular formula is C13H11N3O2S. The molecule has 0 bridgehead atoms. The van der Waals surface area contributed by atoms with Gasteiger partial charge in [-0.15, -0.1) is 0 Å². The highest BCUT2D eigenvalue weighted by molar-refractivity contribution is 7.11. The quantitative estimate of drug-likeness (QED) is 0.907. The van der Waals surface area contributed by atoms with Crippen LogP contribution in [0.25, 0.3) is 0 Å². The van der Waals surface area contributed by atoms with Gasteiger partial charge < -0.3 is 9.88 Å². The first-order chi connectivity index (χ1) is 9.02. The number of benzene rings is 1. The molecule has 6 heteroatoms. The molecule has 1 aromatic carbocycles. The van der Waals surface area contributed by atoms with Gasteiger partial charge >= 0.3 is 4.87 Å². The van der Waals surface area contributed by atoms with E-state index in [9.17, 15) is 9.59 Å². The van der Waals surface area contributed by atoms with E-state index in [1.54, 1.807) is 38.2 Å². The van der Waals surface area contributed by atoms with E-state index in [2.05, 4.69) is 5.32 Å². The number of carbonyl (C=O) groups is 1. The van der Waals surface area contributed by atoms with E-state index in [-0.39, 0.29) is 10.8 Å². The van der Waals surface area contributed by atoms with Crippen molar-refractivity contribution in [1.29, 1.82) is 5.26 Å². The minimum atomic E-state index is -0.338. The zero-order chi connectivity index (χ0) is 14.0. The monoisotopic (exact) mass is 273 g/mol. The fourth-order valence-electron chi connectivity index (χ4n) is 1.58. The molecule has 0 saturated heterocycles. The number of nitriles is 1. The fourth-order valence-corrected chi connectivity index (χ4v) is 2.46. The number of aromatic nitrogens is 1. The topological polar surface area (TPSA) is 74.9 Å². The van der Waals surface area contributed by atoms with Gasteiger partial charge in [0.25, 0.3) is 5.91 Å². The Labute approximate surface area is 113 Å². The van der Waals surface area contributed by atoms with Crippen LogP contribution in [0.15, 0.2) is 29.1 Å². The number of hydrogen-bond acceptors (Lipinski definition) is 4. The summed E-state index contributed by atoms with van der Waals surface area (Å²) in [6, 6.07) is 8.62. The van der Waals surface area contributed by atoms with E-state index in [0.717, 1.165) is 11.3 Å². The molecule has 2 aromatic rings. The average Bonchev–Trinajstić information content (AvgIpc) is 2.67. The van der Waals surface area contributed by atoms with Crippen molar-refractivity contribution in [3.05, 3.63) is 50.1 Å². The summed E-state index contributed by atoms with van der Waals surface area (Å²) in [6.07, 6.45) is 0. The van der Waals surface area contributed by atoms with Crippen molar-refractivity contribution in [2.75, 3.05) is 5.32 Å². The lowest BCUT2D eigenvalue weighted by atomic mass is 10.2. The molecule has 19 heavy (non-hydrogen) atoms. The van der Waals surface area contributed by atoms with Gasteiger partial charge in [-0.1, -0.05) is 17.4 Å². The molecule has 1 heterocycles. The second-order valence-corrected chi connectivity index (χ2v) is 4.95. The smallest absolute Gasteiger partial charge is 0.307 e. The van der Waals surface area contributed by atoms with Crippen molar-refractivity contribution in [1.82, 2.24) is 4.57 Å². The Kier molecular flexibility index (Phi) is 3.49. The third kappa shape index (κ3) is 2.56. The minimum absolute atomic E-state index is 0.173. The maximum Gasteiger partial charge on any atom is 0.307 e. The highest BCUT2D eigenvalue weighted by atomic mass is 32.1. The zero-order valence-corrected chi connectivity index (χ0v) is 11.2. The molecule has 1 N–H and O–H groups in total. The largest absolute Gasteiger partial charge is 0.321 e. The summed E-state index contributed by atoms with van der Waals surface area (Å²) in [4.78, 5) is 23.8. The predicted molar refractivity (Wildman–Crippen MR) is 73.4 cm³/mol. The van der Waals surface area contributed by atoms with Crippen molar-refractivity contribution >= 4 is 22.9 Å². The number of anilines is 1. The molecule has 2 rings (SSSR count). The third-order valence-electron chi connectivity index (χ3n) is 2.75. The van der Waals surface area contributed by atoms with Crippen LogP contribution in [0, 0.1) is 18.3 Å². The second-order valence-electron chi connectivity index (χ2n) is 3.99. The van der Waals surface area contributed by atoms with Crippen molar-refractivity contribution in [3.63, 3.8) is 0 Å². The Balaban J connectivity index is 2.28. The lowest BCUT2D eigenvalue weighted by molar-refractivity contribution is 0.102. The van der Waals surface area contributed by atoms with Gasteiger partial charge in [0.1, 0.15) is 4.88 Å². The van der Waals surface area contributed by atoms with E-state index in [0.29, 0.717) is 21.8 Å². The molecule has 0 atom stereocenters. The van der Waals surface area contributed by atoms with Crippen molar-refractivity contribution in [2.24, 2.45) is 7.05 Å². The molecule has 0 aliphatic heterocycles. The van der Waals surface area contributed by atoms with Crippen LogP contribution >= 0.6 is 11.3 Å². The molecule has 0 spiro atoms. The van der Waals surface area contributed by atoms with E-state index in [4.69, 9.17) is 5.26 Å². The van der Waals surface area contributed by atoms with Crippen LogP contribution in [0.1, 0.15) is 20.9 Å². The first-order valence-corrected chi connectivity index (χ1v) is 6.32. The number of nitrogens with one attached hydrogen (secondary N) is 1. The Morgan fingerprint density at radius 3 is 2.79 bits per heavy atom. The SMILES string of the molecule is Cc1c(C(=O)Nc2cccc(C#N)c2)sc(=O)n1C. The summed E-state index contributed by atoms with van der Waals surface area (Å²) in [6.45, 7) is 1.72. The van der Waals surface area contributed by atoms with Gasteiger partial charge in [0.05, 0.1) is 11.6 Å². The predicted octanol–water partition coefficient (Wildman–Crippen LogP) is 1.88. The number of nitrogens with zero attached hydrogens (tertiary/aromatic N) is 2. The van der Waals surface area contributed by atoms with Gasteiger partial charge in [-0.3, -0.25) is 9.59 Å². The summed E-state index contributed by atoms with van der Waals surface area (Å²) < 4.78 is 1.44. The summed E-state index contributed by atoms with van der Waals surface area (Å²) in [5.41, 5.74) is 1.63. The molecule has 96 valence electrons. The van der Waals surface area contributed by atoms with E-state index in [1.807, 2.05) is 6.07 Å². The Bertz CT molecular complexity index is 737. The summed E-state index contributed by atoms with van der Waals surface area (Å²) in [5, 5.41) is 11.5. The lowest BCUT2D eigenvalue weighted by Gasteiger charge is -2.04. The second kappa shape index (κ2) is 5.08. The molecule has 0 aliphatic rings.